The highest BCUT2D eigenvalue weighted by molar-refractivity contribution is 6.04. The molecule has 2 N–H and O–H groups in total. The molecule has 0 radical (unpaired) electrons. The Balaban J connectivity index is 2.07. The molecule has 0 fully saturated rings. The number of hydrogen-bond acceptors (Lipinski definition) is 2. The van der Waals surface area contributed by atoms with E-state index >= 15 is 0 Å². The fourth-order valence-electron chi connectivity index (χ4n) is 2.19. The van der Waals surface area contributed by atoms with Crippen molar-refractivity contribution in [1.29, 1.82) is 0 Å². The van der Waals surface area contributed by atoms with Crippen molar-refractivity contribution in [1.82, 2.24) is 9.78 Å². The van der Waals surface area contributed by atoms with E-state index in [1.807, 2.05) is 24.3 Å². The van der Waals surface area contributed by atoms with Crippen LogP contribution in [0.1, 0.15) is 16.1 Å². The highest BCUT2D eigenvalue weighted by Crippen LogP contribution is 2.19. The molecule has 0 saturated carbocycles. The summed E-state index contributed by atoms with van der Waals surface area (Å²) in [5.41, 5.74) is 7.32. The lowest BCUT2D eigenvalue weighted by Crippen LogP contribution is -2.13. The number of nitrogens with two attached hydrogens (primary N) is 1. The van der Waals surface area contributed by atoms with E-state index in [4.69, 9.17) is 5.73 Å². The summed E-state index contributed by atoms with van der Waals surface area (Å²) in [5.74, 6) is -0.837. The molecular weight excluding hydrogens is 257 g/mol. The number of benzene rings is 2. The fraction of sp³-hybridized carbons (Fsp3) is 0.0667. The van der Waals surface area contributed by atoms with Gasteiger partial charge in [-0.15, -0.1) is 0 Å². The van der Waals surface area contributed by atoms with Crippen molar-refractivity contribution in [3.05, 3.63) is 65.6 Å². The summed E-state index contributed by atoms with van der Waals surface area (Å²) in [6.07, 6.45) is 0. The highest BCUT2D eigenvalue weighted by Gasteiger charge is 2.14. The Morgan fingerprint density at radius 1 is 1.15 bits per heavy atom. The van der Waals surface area contributed by atoms with Gasteiger partial charge in [0.25, 0.3) is 5.91 Å². The lowest BCUT2D eigenvalue weighted by atomic mass is 10.2. The van der Waals surface area contributed by atoms with Crippen molar-refractivity contribution < 1.29 is 9.18 Å². The maximum absolute atomic E-state index is 12.9. The average Bonchev–Trinajstić information content (AvgIpc) is 2.81. The van der Waals surface area contributed by atoms with Crippen molar-refractivity contribution in [3.63, 3.8) is 0 Å². The highest BCUT2D eigenvalue weighted by atomic mass is 19.1. The zero-order chi connectivity index (χ0) is 14.1. The molecule has 0 aliphatic carbocycles. The van der Waals surface area contributed by atoms with E-state index in [-0.39, 0.29) is 11.5 Å². The Kier molecular flexibility index (Phi) is 2.95. The second-order valence-corrected chi connectivity index (χ2v) is 4.51. The molecule has 0 unspecified atom stereocenters. The van der Waals surface area contributed by atoms with Gasteiger partial charge in [-0.3, -0.25) is 9.48 Å². The summed E-state index contributed by atoms with van der Waals surface area (Å²) in [5, 5.41) is 4.98. The summed E-state index contributed by atoms with van der Waals surface area (Å²) in [4.78, 5) is 11.4. The van der Waals surface area contributed by atoms with Gasteiger partial charge < -0.3 is 5.73 Å². The number of fused-ring (bicyclic) bond motifs is 1. The second kappa shape index (κ2) is 4.77. The number of primary amides is 1. The van der Waals surface area contributed by atoms with E-state index in [0.29, 0.717) is 6.54 Å². The number of hydrogen-bond donors (Lipinski definition) is 1. The summed E-state index contributed by atoms with van der Waals surface area (Å²) >= 11 is 0. The van der Waals surface area contributed by atoms with Crippen LogP contribution in [0, 0.1) is 5.82 Å². The van der Waals surface area contributed by atoms with Crippen molar-refractivity contribution >= 4 is 16.8 Å². The molecule has 3 rings (SSSR count). The number of halogens is 1. The van der Waals surface area contributed by atoms with Crippen LogP contribution in [-0.4, -0.2) is 15.7 Å². The standard InChI is InChI=1S/C15H12FN3O/c16-11-7-5-10(6-8-11)9-19-13-4-2-1-3-12(13)14(18-19)15(17)20/h1-8H,9H2,(H2,17,20). The van der Waals surface area contributed by atoms with Crippen molar-refractivity contribution in [2.45, 2.75) is 6.54 Å². The van der Waals surface area contributed by atoms with Gasteiger partial charge in [-0.2, -0.15) is 5.10 Å². The van der Waals surface area contributed by atoms with Gasteiger partial charge in [0, 0.05) is 5.39 Å². The SMILES string of the molecule is NC(=O)c1nn(Cc2ccc(F)cc2)c2ccccc12. The van der Waals surface area contributed by atoms with Crippen LogP contribution < -0.4 is 5.73 Å². The first-order valence-corrected chi connectivity index (χ1v) is 6.15. The molecule has 0 atom stereocenters. The molecule has 100 valence electrons. The van der Waals surface area contributed by atoms with Gasteiger partial charge in [0.2, 0.25) is 0 Å². The molecule has 0 bridgehead atoms. The topological polar surface area (TPSA) is 60.9 Å². The first kappa shape index (κ1) is 12.3. The van der Waals surface area contributed by atoms with E-state index in [1.165, 1.54) is 12.1 Å². The number of nitrogens with zero attached hydrogens (tertiary/aromatic N) is 2. The molecular formula is C15H12FN3O. The minimum atomic E-state index is -0.556. The third-order valence-corrected chi connectivity index (χ3v) is 3.14. The minimum absolute atomic E-state index is 0.253. The molecule has 1 amide bonds. The number of rotatable bonds is 3. The van der Waals surface area contributed by atoms with E-state index < -0.39 is 5.91 Å². The molecule has 3 aromatic rings. The Bertz CT molecular complexity index is 777. The van der Waals surface area contributed by atoms with Crippen molar-refractivity contribution in [2.75, 3.05) is 0 Å². The number of carbonyl (C=O) groups is 1. The Labute approximate surface area is 114 Å². The van der Waals surface area contributed by atoms with Gasteiger partial charge in [0.15, 0.2) is 5.69 Å². The molecule has 1 heterocycles. The van der Waals surface area contributed by atoms with Crippen LogP contribution in [0.25, 0.3) is 10.9 Å². The van der Waals surface area contributed by atoms with Crippen LogP contribution in [0.4, 0.5) is 4.39 Å². The van der Waals surface area contributed by atoms with E-state index in [2.05, 4.69) is 5.10 Å². The van der Waals surface area contributed by atoms with Crippen LogP contribution in [0.3, 0.4) is 0 Å². The van der Waals surface area contributed by atoms with E-state index in [0.717, 1.165) is 16.5 Å². The van der Waals surface area contributed by atoms with Gasteiger partial charge in [0.1, 0.15) is 5.82 Å². The molecule has 20 heavy (non-hydrogen) atoms. The maximum atomic E-state index is 12.9. The van der Waals surface area contributed by atoms with Crippen molar-refractivity contribution in [3.8, 4) is 0 Å². The lowest BCUT2D eigenvalue weighted by molar-refractivity contribution is 0.0996. The van der Waals surface area contributed by atoms with Gasteiger partial charge in [-0.25, -0.2) is 4.39 Å². The average molecular weight is 269 g/mol. The van der Waals surface area contributed by atoms with Crippen LogP contribution in [0.2, 0.25) is 0 Å². The molecule has 1 aromatic heterocycles. The smallest absolute Gasteiger partial charge is 0.269 e. The van der Waals surface area contributed by atoms with E-state index in [1.54, 1.807) is 16.8 Å². The molecule has 0 spiro atoms. The zero-order valence-electron chi connectivity index (χ0n) is 10.6. The maximum Gasteiger partial charge on any atom is 0.269 e. The normalized spacial score (nSPS) is 10.8. The first-order chi connectivity index (χ1) is 9.65. The summed E-state index contributed by atoms with van der Waals surface area (Å²) in [6.45, 7) is 0.452. The van der Waals surface area contributed by atoms with Gasteiger partial charge >= 0.3 is 0 Å². The van der Waals surface area contributed by atoms with Gasteiger partial charge in [-0.05, 0) is 23.8 Å². The summed E-state index contributed by atoms with van der Waals surface area (Å²) in [7, 11) is 0. The summed E-state index contributed by atoms with van der Waals surface area (Å²) < 4.78 is 14.6. The monoisotopic (exact) mass is 269 g/mol. The quantitative estimate of drug-likeness (QED) is 0.793. The van der Waals surface area contributed by atoms with Crippen LogP contribution >= 0.6 is 0 Å². The molecule has 5 heteroatoms. The number of amides is 1. The van der Waals surface area contributed by atoms with Gasteiger partial charge in [0.05, 0.1) is 12.1 Å². The Morgan fingerprint density at radius 2 is 1.85 bits per heavy atom. The van der Waals surface area contributed by atoms with Crippen LogP contribution in [-0.2, 0) is 6.54 Å². The van der Waals surface area contributed by atoms with Crippen LogP contribution in [0.15, 0.2) is 48.5 Å². The predicted molar refractivity (Wildman–Crippen MR) is 73.8 cm³/mol. The molecule has 4 nitrogen and oxygen atoms in total. The van der Waals surface area contributed by atoms with E-state index in [9.17, 15) is 9.18 Å². The second-order valence-electron chi connectivity index (χ2n) is 4.51. The minimum Gasteiger partial charge on any atom is -0.364 e. The van der Waals surface area contributed by atoms with Gasteiger partial charge in [-0.1, -0.05) is 30.3 Å². The molecule has 2 aromatic carbocycles. The number of aromatic nitrogens is 2. The molecule has 0 aliphatic heterocycles. The fourth-order valence-corrected chi connectivity index (χ4v) is 2.19. The van der Waals surface area contributed by atoms with Crippen molar-refractivity contribution in [2.24, 2.45) is 5.73 Å². The Hall–Kier alpha value is -2.69. The Morgan fingerprint density at radius 3 is 2.55 bits per heavy atom. The molecule has 0 aliphatic rings. The van der Waals surface area contributed by atoms with Crippen LogP contribution in [0.5, 0.6) is 0 Å². The third-order valence-electron chi connectivity index (χ3n) is 3.14. The molecule has 0 saturated heterocycles. The summed E-state index contributed by atoms with van der Waals surface area (Å²) in [6, 6.07) is 13.6. The largest absolute Gasteiger partial charge is 0.364 e. The first-order valence-electron chi connectivity index (χ1n) is 6.15. The third kappa shape index (κ3) is 2.14. The predicted octanol–water partition coefficient (Wildman–Crippen LogP) is 2.32. The number of carbonyl (C=O) groups excluding carboxylic acids is 1. The number of para-hydroxylation sites is 1. The lowest BCUT2D eigenvalue weighted by Gasteiger charge is -2.03. The zero-order valence-corrected chi connectivity index (χ0v) is 10.6.